The molecule has 0 aliphatic carbocycles. The maximum Gasteiger partial charge on any atom is 0.514 e. The standard InChI is InChI=1S/C27H31FN2O4/c1-17(2)15-23-19(5)29-25(22-11-6-7-12-24(22)34-27(32)33-18(3)4)30(26(23)31)14-13-20-9-8-10-21(28)16-20/h6-12,16-18H,13-15H2,1-5H3. The Kier molecular flexibility index (Phi) is 8.21. The molecular formula is C27H31FN2O4. The minimum absolute atomic E-state index is 0.146. The van der Waals surface area contributed by atoms with Gasteiger partial charge in [0, 0.05) is 17.8 Å². The highest BCUT2D eigenvalue weighted by molar-refractivity contribution is 5.71. The summed E-state index contributed by atoms with van der Waals surface area (Å²) < 4.78 is 25.9. The van der Waals surface area contributed by atoms with E-state index in [1.807, 2.05) is 26.8 Å². The molecule has 0 bridgehead atoms. The molecule has 0 atom stereocenters. The van der Waals surface area contributed by atoms with Gasteiger partial charge in [0.15, 0.2) is 0 Å². The Hall–Kier alpha value is -3.48. The number of hydrogen-bond donors (Lipinski definition) is 0. The molecule has 0 spiro atoms. The summed E-state index contributed by atoms with van der Waals surface area (Å²) >= 11 is 0. The molecule has 3 rings (SSSR count). The van der Waals surface area contributed by atoms with Gasteiger partial charge in [-0.05, 0) is 69.4 Å². The van der Waals surface area contributed by atoms with Crippen molar-refractivity contribution in [3.63, 3.8) is 0 Å². The van der Waals surface area contributed by atoms with E-state index >= 15 is 0 Å². The lowest BCUT2D eigenvalue weighted by Gasteiger charge is -2.18. The van der Waals surface area contributed by atoms with E-state index in [9.17, 15) is 14.0 Å². The van der Waals surface area contributed by atoms with Crippen molar-refractivity contribution in [2.75, 3.05) is 0 Å². The van der Waals surface area contributed by atoms with E-state index in [0.29, 0.717) is 42.0 Å². The predicted octanol–water partition coefficient (Wildman–Crippen LogP) is 5.72. The molecule has 0 N–H and O–H groups in total. The van der Waals surface area contributed by atoms with Crippen molar-refractivity contribution in [3.8, 4) is 17.1 Å². The van der Waals surface area contributed by atoms with Crippen LogP contribution in [0.25, 0.3) is 11.4 Å². The highest BCUT2D eigenvalue weighted by Crippen LogP contribution is 2.29. The number of aryl methyl sites for hydroxylation is 2. The van der Waals surface area contributed by atoms with E-state index in [4.69, 9.17) is 14.5 Å². The van der Waals surface area contributed by atoms with E-state index in [1.165, 1.54) is 12.1 Å². The third-order valence-electron chi connectivity index (χ3n) is 5.25. The summed E-state index contributed by atoms with van der Waals surface area (Å²) in [5.41, 5.74) is 2.41. The Morgan fingerprint density at radius 3 is 2.50 bits per heavy atom. The first-order valence-electron chi connectivity index (χ1n) is 11.5. The van der Waals surface area contributed by atoms with Crippen LogP contribution in [0.3, 0.4) is 0 Å². The number of nitrogens with zero attached hydrogens (tertiary/aromatic N) is 2. The van der Waals surface area contributed by atoms with Gasteiger partial charge in [-0.15, -0.1) is 0 Å². The fourth-order valence-corrected chi connectivity index (χ4v) is 3.74. The van der Waals surface area contributed by atoms with E-state index in [1.54, 1.807) is 48.7 Å². The molecule has 1 heterocycles. The van der Waals surface area contributed by atoms with Crippen molar-refractivity contribution in [3.05, 3.63) is 81.5 Å². The van der Waals surface area contributed by atoms with Gasteiger partial charge >= 0.3 is 6.16 Å². The van der Waals surface area contributed by atoms with Gasteiger partial charge in [-0.25, -0.2) is 14.2 Å². The number of halogens is 1. The summed E-state index contributed by atoms with van der Waals surface area (Å²) in [4.78, 5) is 30.6. The van der Waals surface area contributed by atoms with Gasteiger partial charge in [0.25, 0.3) is 5.56 Å². The molecule has 6 nitrogen and oxygen atoms in total. The zero-order chi connectivity index (χ0) is 24.8. The van der Waals surface area contributed by atoms with Gasteiger partial charge in [-0.2, -0.15) is 0 Å². The van der Waals surface area contributed by atoms with Crippen LogP contribution in [0.1, 0.15) is 44.5 Å². The molecular weight excluding hydrogens is 435 g/mol. The number of para-hydroxylation sites is 1. The van der Waals surface area contributed by atoms with Gasteiger partial charge in [-0.3, -0.25) is 9.36 Å². The van der Waals surface area contributed by atoms with E-state index in [2.05, 4.69) is 0 Å². The van der Waals surface area contributed by atoms with Crippen LogP contribution in [0, 0.1) is 18.7 Å². The van der Waals surface area contributed by atoms with Gasteiger partial charge in [0.05, 0.1) is 11.7 Å². The number of carbonyl (C=O) groups is 1. The first-order valence-corrected chi connectivity index (χ1v) is 11.5. The molecule has 7 heteroatoms. The highest BCUT2D eigenvalue weighted by Gasteiger charge is 2.20. The number of rotatable bonds is 8. The Balaban J connectivity index is 2.09. The summed E-state index contributed by atoms with van der Waals surface area (Å²) in [7, 11) is 0. The maximum atomic E-state index is 13.7. The van der Waals surface area contributed by atoms with Crippen LogP contribution in [0.4, 0.5) is 9.18 Å². The van der Waals surface area contributed by atoms with E-state index in [-0.39, 0.29) is 29.1 Å². The highest BCUT2D eigenvalue weighted by atomic mass is 19.1. The molecule has 0 saturated heterocycles. The van der Waals surface area contributed by atoms with Gasteiger partial charge < -0.3 is 9.47 Å². The molecule has 0 saturated carbocycles. The average molecular weight is 467 g/mol. The summed E-state index contributed by atoms with van der Waals surface area (Å²) in [6.07, 6.45) is -0.129. The normalized spacial score (nSPS) is 11.2. The number of hydrogen-bond acceptors (Lipinski definition) is 5. The van der Waals surface area contributed by atoms with Crippen molar-refractivity contribution in [1.82, 2.24) is 9.55 Å². The summed E-state index contributed by atoms with van der Waals surface area (Å²) in [6, 6.07) is 13.2. The summed E-state index contributed by atoms with van der Waals surface area (Å²) in [5, 5.41) is 0. The zero-order valence-electron chi connectivity index (χ0n) is 20.3. The monoisotopic (exact) mass is 466 g/mol. The average Bonchev–Trinajstić information content (AvgIpc) is 2.75. The van der Waals surface area contributed by atoms with Crippen molar-refractivity contribution in [2.45, 2.75) is 60.1 Å². The topological polar surface area (TPSA) is 70.4 Å². The number of aromatic nitrogens is 2. The first kappa shape index (κ1) is 25.1. The Morgan fingerprint density at radius 2 is 1.82 bits per heavy atom. The van der Waals surface area contributed by atoms with Crippen LogP contribution >= 0.6 is 0 Å². The lowest BCUT2D eigenvalue weighted by atomic mass is 10.0. The fraction of sp³-hybridized carbons (Fsp3) is 0.370. The van der Waals surface area contributed by atoms with Gasteiger partial charge in [0.2, 0.25) is 0 Å². The molecule has 34 heavy (non-hydrogen) atoms. The van der Waals surface area contributed by atoms with E-state index < -0.39 is 6.16 Å². The summed E-state index contributed by atoms with van der Waals surface area (Å²) in [6.45, 7) is 9.67. The smallest absolute Gasteiger partial charge is 0.431 e. The summed E-state index contributed by atoms with van der Waals surface area (Å²) in [5.74, 6) is 0.585. The second kappa shape index (κ2) is 11.1. The SMILES string of the molecule is Cc1nc(-c2ccccc2OC(=O)OC(C)C)n(CCc2cccc(F)c2)c(=O)c1CC(C)C. The molecule has 0 amide bonds. The number of carbonyl (C=O) groups excluding carboxylic acids is 1. The molecule has 1 aromatic heterocycles. The zero-order valence-corrected chi connectivity index (χ0v) is 20.3. The first-order chi connectivity index (χ1) is 16.2. The molecule has 0 radical (unpaired) electrons. The predicted molar refractivity (Wildman–Crippen MR) is 130 cm³/mol. The molecule has 0 aliphatic heterocycles. The number of benzene rings is 2. The fourth-order valence-electron chi connectivity index (χ4n) is 3.74. The third kappa shape index (κ3) is 6.31. The van der Waals surface area contributed by atoms with Crippen LogP contribution in [-0.2, 0) is 24.1 Å². The lowest BCUT2D eigenvalue weighted by Crippen LogP contribution is -2.29. The second-order valence-electron chi connectivity index (χ2n) is 8.95. The minimum Gasteiger partial charge on any atom is -0.431 e. The largest absolute Gasteiger partial charge is 0.514 e. The molecule has 0 fully saturated rings. The second-order valence-corrected chi connectivity index (χ2v) is 8.95. The van der Waals surface area contributed by atoms with Crippen molar-refractivity contribution in [1.29, 1.82) is 0 Å². The van der Waals surface area contributed by atoms with Crippen LogP contribution < -0.4 is 10.3 Å². The van der Waals surface area contributed by atoms with Crippen molar-refractivity contribution < 1.29 is 18.7 Å². The van der Waals surface area contributed by atoms with Gasteiger partial charge in [0.1, 0.15) is 17.4 Å². The third-order valence-corrected chi connectivity index (χ3v) is 5.25. The molecule has 3 aromatic rings. The van der Waals surface area contributed by atoms with Crippen LogP contribution in [0.15, 0.2) is 53.3 Å². The maximum absolute atomic E-state index is 13.7. The van der Waals surface area contributed by atoms with Crippen LogP contribution in [-0.4, -0.2) is 21.8 Å². The molecule has 180 valence electrons. The van der Waals surface area contributed by atoms with Crippen LogP contribution in [0.5, 0.6) is 5.75 Å². The van der Waals surface area contributed by atoms with Gasteiger partial charge in [-0.1, -0.05) is 38.1 Å². The molecule has 0 unspecified atom stereocenters. The van der Waals surface area contributed by atoms with Crippen molar-refractivity contribution >= 4 is 6.16 Å². The molecule has 2 aromatic carbocycles. The lowest BCUT2D eigenvalue weighted by molar-refractivity contribution is 0.0730. The number of ether oxygens (including phenoxy) is 2. The van der Waals surface area contributed by atoms with E-state index in [0.717, 1.165) is 5.56 Å². The molecule has 0 aliphatic rings. The van der Waals surface area contributed by atoms with Crippen molar-refractivity contribution in [2.24, 2.45) is 5.92 Å². The Labute approximate surface area is 199 Å². The Bertz CT molecular complexity index is 1220. The van der Waals surface area contributed by atoms with Crippen LogP contribution in [0.2, 0.25) is 0 Å². The quantitative estimate of drug-likeness (QED) is 0.314. The minimum atomic E-state index is -0.829. The Morgan fingerprint density at radius 1 is 1.09 bits per heavy atom.